The van der Waals surface area contributed by atoms with E-state index in [-0.39, 0.29) is 18.0 Å². The fourth-order valence-corrected chi connectivity index (χ4v) is 3.45. The molecule has 0 spiro atoms. The smallest absolute Gasteiger partial charge is 0.475 e. The lowest BCUT2D eigenvalue weighted by molar-refractivity contribution is -0.192. The molecular formula is C22H20F4N4O5. The molecule has 3 aromatic rings. The van der Waals surface area contributed by atoms with Gasteiger partial charge in [-0.2, -0.15) is 13.2 Å². The summed E-state index contributed by atoms with van der Waals surface area (Å²) >= 11 is 0. The van der Waals surface area contributed by atoms with E-state index in [1.807, 2.05) is 0 Å². The van der Waals surface area contributed by atoms with Crippen LogP contribution in [0, 0.1) is 5.82 Å². The Morgan fingerprint density at radius 1 is 1.03 bits per heavy atom. The summed E-state index contributed by atoms with van der Waals surface area (Å²) < 4.78 is 47.5. The molecule has 13 heteroatoms. The van der Waals surface area contributed by atoms with Crippen molar-refractivity contribution in [3.05, 3.63) is 80.2 Å². The second-order valence-electron chi connectivity index (χ2n) is 7.52. The predicted octanol–water partition coefficient (Wildman–Crippen LogP) is 1.56. The van der Waals surface area contributed by atoms with E-state index in [4.69, 9.17) is 9.90 Å². The van der Waals surface area contributed by atoms with Gasteiger partial charge in [0.15, 0.2) is 0 Å². The highest BCUT2D eigenvalue weighted by Gasteiger charge is 2.38. The third-order valence-electron chi connectivity index (χ3n) is 5.15. The van der Waals surface area contributed by atoms with Gasteiger partial charge in [0.2, 0.25) is 0 Å². The number of H-pyrrole nitrogens is 1. The SMILES string of the molecule is O=C(O)C(F)(F)F.O=C(c1cc(Cn2c(=O)[nH]c(=O)c3ccccc32)ccc1F)N1CCNCC1. The molecule has 4 rings (SSSR count). The lowest BCUT2D eigenvalue weighted by Crippen LogP contribution is -2.46. The van der Waals surface area contributed by atoms with E-state index in [0.717, 1.165) is 0 Å². The summed E-state index contributed by atoms with van der Waals surface area (Å²) in [5.41, 5.74) is 0.0597. The molecule has 0 saturated carbocycles. The molecule has 0 atom stereocenters. The summed E-state index contributed by atoms with van der Waals surface area (Å²) in [6, 6.07) is 11.0. The molecule has 0 unspecified atom stereocenters. The maximum Gasteiger partial charge on any atom is 0.490 e. The minimum absolute atomic E-state index is 0.0128. The van der Waals surface area contributed by atoms with Crippen molar-refractivity contribution in [3.63, 3.8) is 0 Å². The number of nitrogens with zero attached hydrogens (tertiary/aromatic N) is 2. The molecule has 0 bridgehead atoms. The van der Waals surface area contributed by atoms with Crippen molar-refractivity contribution < 1.29 is 32.3 Å². The van der Waals surface area contributed by atoms with Crippen LogP contribution in [0.1, 0.15) is 15.9 Å². The van der Waals surface area contributed by atoms with Crippen LogP contribution >= 0.6 is 0 Å². The zero-order chi connectivity index (χ0) is 25.8. The maximum absolute atomic E-state index is 14.3. The number of nitrogens with one attached hydrogen (secondary N) is 2. The van der Waals surface area contributed by atoms with Crippen LogP contribution in [0.5, 0.6) is 0 Å². The van der Waals surface area contributed by atoms with Gasteiger partial charge in [0, 0.05) is 26.2 Å². The molecule has 1 aliphatic rings. The number of para-hydroxylation sites is 1. The van der Waals surface area contributed by atoms with Crippen molar-refractivity contribution in [1.29, 1.82) is 0 Å². The summed E-state index contributed by atoms with van der Waals surface area (Å²) in [5.74, 6) is -3.71. The number of halogens is 4. The minimum atomic E-state index is -5.08. The van der Waals surface area contributed by atoms with Gasteiger partial charge in [-0.3, -0.25) is 19.1 Å². The van der Waals surface area contributed by atoms with Crippen LogP contribution in [0.25, 0.3) is 10.9 Å². The topological polar surface area (TPSA) is 124 Å². The van der Waals surface area contributed by atoms with Gasteiger partial charge < -0.3 is 15.3 Å². The Bertz CT molecular complexity index is 1360. The number of carbonyl (C=O) groups excluding carboxylic acids is 1. The number of amides is 1. The van der Waals surface area contributed by atoms with E-state index in [1.54, 1.807) is 29.2 Å². The second kappa shape index (κ2) is 10.5. The number of aliphatic carboxylic acids is 1. The van der Waals surface area contributed by atoms with Crippen LogP contribution in [0.3, 0.4) is 0 Å². The quantitative estimate of drug-likeness (QED) is 0.473. The first-order valence-electron chi connectivity index (χ1n) is 10.3. The van der Waals surface area contributed by atoms with Crippen LogP contribution in [0.4, 0.5) is 17.6 Å². The summed E-state index contributed by atoms with van der Waals surface area (Å²) in [4.78, 5) is 49.8. The third-order valence-corrected chi connectivity index (χ3v) is 5.15. The van der Waals surface area contributed by atoms with Crippen molar-refractivity contribution in [2.75, 3.05) is 26.2 Å². The predicted molar refractivity (Wildman–Crippen MR) is 117 cm³/mol. The average Bonchev–Trinajstić information content (AvgIpc) is 2.82. The molecule has 1 aliphatic heterocycles. The summed E-state index contributed by atoms with van der Waals surface area (Å²) in [6.07, 6.45) is -5.08. The first kappa shape index (κ1) is 25.6. The van der Waals surface area contributed by atoms with E-state index in [2.05, 4.69) is 10.3 Å². The molecule has 1 amide bonds. The Morgan fingerprint density at radius 3 is 2.29 bits per heavy atom. The van der Waals surface area contributed by atoms with Gasteiger partial charge in [-0.25, -0.2) is 14.0 Å². The van der Waals surface area contributed by atoms with E-state index in [9.17, 15) is 31.9 Å². The van der Waals surface area contributed by atoms with E-state index in [0.29, 0.717) is 42.6 Å². The average molecular weight is 496 g/mol. The summed E-state index contributed by atoms with van der Waals surface area (Å²) in [7, 11) is 0. The number of alkyl halides is 3. The number of fused-ring (bicyclic) bond motifs is 1. The number of hydrogen-bond donors (Lipinski definition) is 3. The number of carboxylic acids is 1. The fraction of sp³-hybridized carbons (Fsp3) is 0.273. The molecule has 3 N–H and O–H groups in total. The lowest BCUT2D eigenvalue weighted by atomic mass is 10.1. The maximum atomic E-state index is 14.3. The molecule has 0 aliphatic carbocycles. The van der Waals surface area contributed by atoms with Crippen LogP contribution in [-0.2, 0) is 11.3 Å². The molecule has 186 valence electrons. The second-order valence-corrected chi connectivity index (χ2v) is 7.52. The third kappa shape index (κ3) is 6.12. The Morgan fingerprint density at radius 2 is 1.66 bits per heavy atom. The van der Waals surface area contributed by atoms with Gasteiger partial charge in [-0.05, 0) is 29.8 Å². The number of carbonyl (C=O) groups is 2. The Hall–Kier alpha value is -4.00. The van der Waals surface area contributed by atoms with Gasteiger partial charge in [-0.15, -0.1) is 0 Å². The zero-order valence-corrected chi connectivity index (χ0v) is 18.1. The molecule has 1 aromatic heterocycles. The number of benzene rings is 2. The number of rotatable bonds is 3. The highest BCUT2D eigenvalue weighted by Crippen LogP contribution is 2.16. The standard InChI is InChI=1S/C20H19FN4O3.C2HF3O2/c21-16-6-5-13(11-15(16)19(27)24-9-7-22-8-10-24)12-25-17-4-2-1-3-14(17)18(26)23-20(25)28;3-2(4,5)1(6)7/h1-6,11,22H,7-10,12H2,(H,23,26,28);(H,6,7). The summed E-state index contributed by atoms with van der Waals surface area (Å²) in [6.45, 7) is 2.49. The molecule has 2 heterocycles. The molecule has 1 fully saturated rings. The molecule has 35 heavy (non-hydrogen) atoms. The first-order chi connectivity index (χ1) is 16.5. The zero-order valence-electron chi connectivity index (χ0n) is 18.1. The Kier molecular flexibility index (Phi) is 7.69. The van der Waals surface area contributed by atoms with Crippen LogP contribution < -0.4 is 16.6 Å². The number of carboxylic acid groups (broad SMARTS) is 1. The van der Waals surface area contributed by atoms with Crippen molar-refractivity contribution >= 4 is 22.8 Å². The van der Waals surface area contributed by atoms with E-state index >= 15 is 0 Å². The first-order valence-corrected chi connectivity index (χ1v) is 10.3. The van der Waals surface area contributed by atoms with Crippen LogP contribution in [-0.4, -0.2) is 63.8 Å². The monoisotopic (exact) mass is 496 g/mol. The van der Waals surface area contributed by atoms with Crippen molar-refractivity contribution in [1.82, 2.24) is 19.8 Å². The highest BCUT2D eigenvalue weighted by atomic mass is 19.4. The Labute approximate surface area is 194 Å². The molecule has 2 aromatic carbocycles. The molecule has 1 saturated heterocycles. The number of hydrogen-bond acceptors (Lipinski definition) is 5. The minimum Gasteiger partial charge on any atom is -0.475 e. The summed E-state index contributed by atoms with van der Waals surface area (Å²) in [5, 5.41) is 10.7. The van der Waals surface area contributed by atoms with E-state index in [1.165, 1.54) is 22.8 Å². The molecular weight excluding hydrogens is 476 g/mol. The largest absolute Gasteiger partial charge is 0.490 e. The van der Waals surface area contributed by atoms with E-state index < -0.39 is 29.2 Å². The van der Waals surface area contributed by atoms with Crippen LogP contribution in [0.15, 0.2) is 52.1 Å². The number of aromatic amines is 1. The van der Waals surface area contributed by atoms with Crippen molar-refractivity contribution in [3.8, 4) is 0 Å². The van der Waals surface area contributed by atoms with Crippen molar-refractivity contribution in [2.45, 2.75) is 12.7 Å². The molecule has 9 nitrogen and oxygen atoms in total. The fourth-order valence-electron chi connectivity index (χ4n) is 3.45. The van der Waals surface area contributed by atoms with Crippen molar-refractivity contribution in [2.24, 2.45) is 0 Å². The van der Waals surface area contributed by atoms with Gasteiger partial charge in [0.1, 0.15) is 5.82 Å². The molecule has 0 radical (unpaired) electrons. The van der Waals surface area contributed by atoms with Crippen LogP contribution in [0.2, 0.25) is 0 Å². The lowest BCUT2D eigenvalue weighted by Gasteiger charge is -2.27. The van der Waals surface area contributed by atoms with Gasteiger partial charge in [0.05, 0.1) is 23.0 Å². The number of aromatic nitrogens is 2. The van der Waals surface area contributed by atoms with Gasteiger partial charge in [-0.1, -0.05) is 18.2 Å². The Balaban J connectivity index is 0.000000429. The number of piperazine rings is 1. The normalized spacial score (nSPS) is 13.8. The highest BCUT2D eigenvalue weighted by molar-refractivity contribution is 5.94. The van der Waals surface area contributed by atoms with Gasteiger partial charge >= 0.3 is 17.8 Å². The van der Waals surface area contributed by atoms with Gasteiger partial charge in [0.25, 0.3) is 11.5 Å².